The molecule has 1 aromatic rings. The highest BCUT2D eigenvalue weighted by Crippen LogP contribution is 2.62. The zero-order valence-corrected chi connectivity index (χ0v) is 20.7. The summed E-state index contributed by atoms with van der Waals surface area (Å²) in [6, 6.07) is 3.66. The number of benzene rings is 1. The van der Waals surface area contributed by atoms with Gasteiger partial charge in [0.2, 0.25) is 0 Å². The molecule has 5 rings (SSSR count). The van der Waals surface area contributed by atoms with E-state index in [-0.39, 0.29) is 23.7 Å². The second-order valence-corrected chi connectivity index (χ2v) is 10.0. The fourth-order valence-electron chi connectivity index (χ4n) is 6.81. The Morgan fingerprint density at radius 3 is 2.85 bits per heavy atom. The van der Waals surface area contributed by atoms with Crippen LogP contribution in [0.4, 0.5) is 5.69 Å². The smallest absolute Gasteiger partial charge is 0.188 e. The van der Waals surface area contributed by atoms with Crippen molar-refractivity contribution < 1.29 is 28.8 Å². The number of piperidine rings is 2. The van der Waals surface area contributed by atoms with E-state index >= 15 is 0 Å². The number of aliphatic hydroxyl groups excluding tert-OH is 1. The monoisotopic (exact) mass is 492 g/mol. The van der Waals surface area contributed by atoms with Crippen molar-refractivity contribution >= 4 is 23.1 Å². The van der Waals surface area contributed by atoms with E-state index in [2.05, 4.69) is 17.1 Å². The van der Waals surface area contributed by atoms with Crippen molar-refractivity contribution in [1.29, 1.82) is 0 Å². The molecule has 3 saturated heterocycles. The lowest BCUT2D eigenvalue weighted by Crippen LogP contribution is -2.75. The standard InChI is InChI=1S/C25H33ClN2O6/c1-4-15-12-28-6-5-24-23-19(9-16(26)10-21(23)32-3)27-25(24,34-8-7-33-24)22(28)11-17(15)18(14-31-2)20(30)13-29/h9-10,14-15,17,22,27,29H,4-8,11-13H2,1-3H3/b18-14+/t15-,17+,22+,24+,25+/m1/s1. The van der Waals surface area contributed by atoms with Gasteiger partial charge in [-0.25, -0.2) is 0 Å². The van der Waals surface area contributed by atoms with Crippen LogP contribution in [0.2, 0.25) is 5.02 Å². The third-order valence-electron chi connectivity index (χ3n) is 8.18. The molecule has 34 heavy (non-hydrogen) atoms. The van der Waals surface area contributed by atoms with Gasteiger partial charge in [0, 0.05) is 29.4 Å². The zero-order chi connectivity index (χ0) is 24.1. The average molecular weight is 493 g/mol. The van der Waals surface area contributed by atoms with Crippen LogP contribution >= 0.6 is 11.6 Å². The molecule has 8 nitrogen and oxygen atoms in total. The number of methoxy groups -OCH3 is 2. The lowest BCUT2D eigenvalue weighted by molar-refractivity contribution is -0.297. The van der Waals surface area contributed by atoms with Crippen LogP contribution in [0.15, 0.2) is 24.0 Å². The molecule has 0 aromatic heterocycles. The maximum absolute atomic E-state index is 12.7. The molecule has 0 bridgehead atoms. The number of Topliss-reactive ketones (excluding diaryl/α,β-unsaturated/α-hetero) is 1. The third kappa shape index (κ3) is 3.30. The molecule has 0 aliphatic carbocycles. The predicted octanol–water partition coefficient (Wildman–Crippen LogP) is 2.92. The van der Waals surface area contributed by atoms with Crippen LogP contribution in [-0.4, -0.2) is 74.7 Å². The molecule has 0 spiro atoms. The summed E-state index contributed by atoms with van der Waals surface area (Å²) in [6.45, 7) is 4.22. The number of rotatable bonds is 6. The molecule has 0 amide bonds. The van der Waals surface area contributed by atoms with E-state index in [0.29, 0.717) is 36.0 Å². The van der Waals surface area contributed by atoms with Crippen molar-refractivity contribution in [2.24, 2.45) is 11.8 Å². The number of carbonyl (C=O) groups is 1. The number of nitrogens with one attached hydrogen (secondary N) is 1. The fourth-order valence-corrected chi connectivity index (χ4v) is 7.02. The Balaban J connectivity index is 1.61. The van der Waals surface area contributed by atoms with Gasteiger partial charge in [0.1, 0.15) is 18.0 Å². The lowest BCUT2D eigenvalue weighted by atomic mass is 9.66. The Bertz CT molecular complexity index is 1000. The van der Waals surface area contributed by atoms with Crippen molar-refractivity contribution in [3.05, 3.63) is 34.6 Å². The van der Waals surface area contributed by atoms with E-state index in [1.165, 1.54) is 13.4 Å². The van der Waals surface area contributed by atoms with E-state index in [9.17, 15) is 9.90 Å². The first-order valence-electron chi connectivity index (χ1n) is 12.0. The molecule has 4 aliphatic heterocycles. The van der Waals surface area contributed by atoms with Crippen LogP contribution in [-0.2, 0) is 24.6 Å². The van der Waals surface area contributed by atoms with Crippen molar-refractivity contribution in [2.45, 2.75) is 43.6 Å². The summed E-state index contributed by atoms with van der Waals surface area (Å²) < 4.78 is 24.3. The number of hydrogen-bond acceptors (Lipinski definition) is 8. The molecular formula is C25H33ClN2O6. The third-order valence-corrected chi connectivity index (χ3v) is 8.40. The second-order valence-electron chi connectivity index (χ2n) is 9.58. The van der Waals surface area contributed by atoms with Crippen LogP contribution in [0.5, 0.6) is 5.75 Å². The molecule has 0 unspecified atom stereocenters. The van der Waals surface area contributed by atoms with Crippen molar-refractivity contribution in [3.63, 3.8) is 0 Å². The van der Waals surface area contributed by atoms with E-state index < -0.39 is 17.9 Å². The topological polar surface area (TPSA) is 89.5 Å². The van der Waals surface area contributed by atoms with Crippen LogP contribution in [0, 0.1) is 11.8 Å². The van der Waals surface area contributed by atoms with E-state index in [1.807, 2.05) is 12.1 Å². The normalized spacial score (nSPS) is 34.9. The molecule has 1 aromatic carbocycles. The Morgan fingerprint density at radius 1 is 1.35 bits per heavy atom. The van der Waals surface area contributed by atoms with Gasteiger partial charge in [-0.3, -0.25) is 9.69 Å². The summed E-state index contributed by atoms with van der Waals surface area (Å²) in [4.78, 5) is 15.2. The molecule has 2 N–H and O–H groups in total. The summed E-state index contributed by atoms with van der Waals surface area (Å²) >= 11 is 6.43. The Morgan fingerprint density at radius 2 is 2.15 bits per heavy atom. The van der Waals surface area contributed by atoms with Gasteiger partial charge in [0.05, 0.1) is 45.3 Å². The van der Waals surface area contributed by atoms with Gasteiger partial charge in [-0.2, -0.15) is 0 Å². The molecule has 0 radical (unpaired) electrons. The predicted molar refractivity (Wildman–Crippen MR) is 127 cm³/mol. The number of carbonyl (C=O) groups excluding carboxylic acids is 1. The lowest BCUT2D eigenvalue weighted by Gasteiger charge is -2.61. The summed E-state index contributed by atoms with van der Waals surface area (Å²) in [5, 5.41) is 13.9. The summed E-state index contributed by atoms with van der Waals surface area (Å²) in [5.41, 5.74) is 0.777. The largest absolute Gasteiger partial charge is 0.504 e. The summed E-state index contributed by atoms with van der Waals surface area (Å²) in [5.74, 6) is 0.576. The number of ether oxygens (including phenoxy) is 4. The Hall–Kier alpha value is -1.84. The molecule has 5 atom stereocenters. The maximum Gasteiger partial charge on any atom is 0.188 e. The molecule has 4 heterocycles. The van der Waals surface area contributed by atoms with Gasteiger partial charge in [-0.1, -0.05) is 24.9 Å². The number of hydrogen-bond donors (Lipinski definition) is 2. The molecule has 9 heteroatoms. The Labute approximate surface area is 205 Å². The highest BCUT2D eigenvalue weighted by atomic mass is 35.5. The summed E-state index contributed by atoms with van der Waals surface area (Å²) in [7, 11) is 3.18. The zero-order valence-electron chi connectivity index (χ0n) is 19.9. The number of ketones is 1. The maximum atomic E-state index is 12.7. The van der Waals surface area contributed by atoms with E-state index in [4.69, 9.17) is 30.5 Å². The minimum absolute atomic E-state index is 0.0717. The number of halogens is 1. The van der Waals surface area contributed by atoms with Crippen LogP contribution < -0.4 is 10.1 Å². The number of fused-ring (bicyclic) bond motifs is 2. The molecule has 186 valence electrons. The molecule has 4 aliphatic rings. The van der Waals surface area contributed by atoms with Crippen molar-refractivity contribution in [3.8, 4) is 5.75 Å². The first kappa shape index (κ1) is 23.9. The van der Waals surface area contributed by atoms with Gasteiger partial charge in [-0.15, -0.1) is 0 Å². The van der Waals surface area contributed by atoms with Crippen LogP contribution in [0.3, 0.4) is 0 Å². The average Bonchev–Trinajstić information content (AvgIpc) is 3.16. The second kappa shape index (κ2) is 8.99. The van der Waals surface area contributed by atoms with Gasteiger partial charge >= 0.3 is 0 Å². The van der Waals surface area contributed by atoms with Crippen molar-refractivity contribution in [2.75, 3.05) is 52.4 Å². The minimum atomic E-state index is -0.846. The van der Waals surface area contributed by atoms with Gasteiger partial charge in [-0.05, 0) is 36.8 Å². The first-order valence-corrected chi connectivity index (χ1v) is 12.4. The molecule has 3 fully saturated rings. The number of nitrogens with zero attached hydrogens (tertiary/aromatic N) is 1. The highest BCUT2D eigenvalue weighted by Gasteiger charge is 2.70. The van der Waals surface area contributed by atoms with Gasteiger partial charge < -0.3 is 29.4 Å². The number of aliphatic hydroxyl groups is 1. The van der Waals surface area contributed by atoms with Crippen LogP contribution in [0.1, 0.15) is 31.7 Å². The highest BCUT2D eigenvalue weighted by molar-refractivity contribution is 6.31. The van der Waals surface area contributed by atoms with Crippen LogP contribution in [0.25, 0.3) is 0 Å². The molecule has 0 saturated carbocycles. The van der Waals surface area contributed by atoms with Gasteiger partial charge in [0.25, 0.3) is 0 Å². The van der Waals surface area contributed by atoms with E-state index in [0.717, 1.165) is 37.2 Å². The Kier molecular flexibility index (Phi) is 6.31. The van der Waals surface area contributed by atoms with Crippen molar-refractivity contribution in [1.82, 2.24) is 4.90 Å². The van der Waals surface area contributed by atoms with Gasteiger partial charge in [0.15, 0.2) is 11.5 Å². The quantitative estimate of drug-likeness (QED) is 0.463. The van der Waals surface area contributed by atoms with E-state index in [1.54, 1.807) is 7.11 Å². The fraction of sp³-hybridized carbons (Fsp3) is 0.640. The number of anilines is 1. The first-order chi connectivity index (χ1) is 16.4. The molecular weight excluding hydrogens is 460 g/mol. The minimum Gasteiger partial charge on any atom is -0.504 e. The SMILES string of the molecule is CC[C@@H]1CN2CC[C@@]34OCCO[C@@]3(Nc3cc(Cl)cc(OC)c34)[C@@H]2C[C@@H]1/C(=C\OC)C(=O)CO. The summed E-state index contributed by atoms with van der Waals surface area (Å²) in [6.07, 6.45) is 3.84.